The third-order valence-electron chi connectivity index (χ3n) is 1.82. The quantitative estimate of drug-likeness (QED) is 0.476. The van der Waals surface area contributed by atoms with Crippen LogP contribution in [0.5, 0.6) is 0 Å². The highest BCUT2D eigenvalue weighted by Crippen LogP contribution is 2.15. The molecule has 66 valence electrons. The van der Waals surface area contributed by atoms with Crippen LogP contribution in [0.4, 0.5) is 0 Å². The van der Waals surface area contributed by atoms with E-state index in [2.05, 4.69) is 10.5 Å². The molecule has 1 unspecified atom stereocenters. The van der Waals surface area contributed by atoms with Crippen LogP contribution in [-0.2, 0) is 0 Å². The molecule has 2 bridgehead atoms. The number of rotatable bonds is 1. The molecule has 5 nitrogen and oxygen atoms in total. The number of hydrogen-bond donors (Lipinski definition) is 1. The van der Waals surface area contributed by atoms with Gasteiger partial charge in [0.15, 0.2) is 0 Å². The second kappa shape index (κ2) is 2.85. The van der Waals surface area contributed by atoms with Crippen molar-refractivity contribution in [3.05, 3.63) is 45.8 Å². The first-order chi connectivity index (χ1) is 6.25. The van der Waals surface area contributed by atoms with Crippen molar-refractivity contribution < 1.29 is 4.92 Å². The van der Waals surface area contributed by atoms with Gasteiger partial charge >= 0.3 is 0 Å². The van der Waals surface area contributed by atoms with Crippen molar-refractivity contribution in [1.82, 2.24) is 5.43 Å². The van der Waals surface area contributed by atoms with Crippen molar-refractivity contribution in [3.63, 3.8) is 0 Å². The summed E-state index contributed by atoms with van der Waals surface area (Å²) in [7, 11) is 0. The highest BCUT2D eigenvalue weighted by molar-refractivity contribution is 5.68. The summed E-state index contributed by atoms with van der Waals surface area (Å²) < 4.78 is 0. The molecule has 1 heterocycles. The fraction of sp³-hybridized carbons (Fsp3) is 0.125. The minimum Gasteiger partial charge on any atom is -0.279 e. The summed E-state index contributed by atoms with van der Waals surface area (Å²) in [4.78, 5) is 10.1. The Morgan fingerprint density at radius 2 is 2.46 bits per heavy atom. The second-order valence-corrected chi connectivity index (χ2v) is 2.77. The summed E-state index contributed by atoms with van der Waals surface area (Å²) in [5, 5.41) is 14.3. The molecule has 0 aromatic heterocycles. The monoisotopic (exact) mass is 177 g/mol. The Morgan fingerprint density at radius 1 is 1.62 bits per heavy atom. The molecule has 0 aromatic rings. The lowest BCUT2D eigenvalue weighted by atomic mass is 10.1. The van der Waals surface area contributed by atoms with E-state index in [0.29, 0.717) is 5.70 Å². The summed E-state index contributed by atoms with van der Waals surface area (Å²) in [6.07, 6.45) is 8.27. The molecule has 0 aromatic carbocycles. The SMILES string of the molecule is O=[N+]([O-])C1=CC2=CC(C=C1)C=NN2. The lowest BCUT2D eigenvalue weighted by Gasteiger charge is -2.08. The number of nitro groups is 1. The molecule has 0 saturated heterocycles. The zero-order valence-corrected chi connectivity index (χ0v) is 6.68. The lowest BCUT2D eigenvalue weighted by Crippen LogP contribution is -2.12. The molecule has 0 radical (unpaired) electrons. The van der Waals surface area contributed by atoms with Gasteiger partial charge < -0.3 is 0 Å². The standard InChI is InChI=1S/C8H7N3O2/c12-11(13)8-2-1-6-3-7(4-8)10-9-5-6/h1-6,10H. The number of allylic oxidation sites excluding steroid dienone is 4. The number of nitrogens with one attached hydrogen (secondary N) is 1. The smallest absolute Gasteiger partial charge is 0.271 e. The van der Waals surface area contributed by atoms with Crippen molar-refractivity contribution in [1.29, 1.82) is 0 Å². The van der Waals surface area contributed by atoms with Gasteiger partial charge in [-0.25, -0.2) is 0 Å². The Bertz CT molecular complexity index is 366. The average molecular weight is 177 g/mol. The van der Waals surface area contributed by atoms with Gasteiger partial charge in [-0.3, -0.25) is 15.5 Å². The van der Waals surface area contributed by atoms with Crippen molar-refractivity contribution >= 4 is 6.21 Å². The van der Waals surface area contributed by atoms with E-state index < -0.39 is 4.92 Å². The van der Waals surface area contributed by atoms with E-state index in [1.807, 2.05) is 6.08 Å². The molecular formula is C8H7N3O2. The highest BCUT2D eigenvalue weighted by Gasteiger charge is 2.14. The van der Waals surface area contributed by atoms with E-state index in [-0.39, 0.29) is 11.6 Å². The highest BCUT2D eigenvalue weighted by atomic mass is 16.6. The fourth-order valence-corrected chi connectivity index (χ4v) is 1.20. The zero-order chi connectivity index (χ0) is 9.26. The largest absolute Gasteiger partial charge is 0.279 e. The van der Waals surface area contributed by atoms with Gasteiger partial charge in [0.05, 0.1) is 10.6 Å². The number of nitrogens with zero attached hydrogens (tertiary/aromatic N) is 2. The summed E-state index contributed by atoms with van der Waals surface area (Å²) in [6.45, 7) is 0. The van der Waals surface area contributed by atoms with Crippen LogP contribution < -0.4 is 5.43 Å². The maximum atomic E-state index is 10.5. The van der Waals surface area contributed by atoms with Gasteiger partial charge in [-0.15, -0.1) is 0 Å². The Morgan fingerprint density at radius 3 is 3.23 bits per heavy atom. The topological polar surface area (TPSA) is 67.5 Å². The average Bonchev–Trinajstić information content (AvgIpc) is 2.25. The molecular weight excluding hydrogens is 170 g/mol. The van der Waals surface area contributed by atoms with Crippen LogP contribution in [0.25, 0.3) is 0 Å². The molecule has 0 spiro atoms. The predicted octanol–water partition coefficient (Wildman–Crippen LogP) is 0.806. The first-order valence-electron chi connectivity index (χ1n) is 3.81. The van der Waals surface area contributed by atoms with Crippen LogP contribution in [-0.4, -0.2) is 11.1 Å². The van der Waals surface area contributed by atoms with Crippen LogP contribution in [0.15, 0.2) is 40.8 Å². The predicted molar refractivity (Wildman–Crippen MR) is 47.4 cm³/mol. The van der Waals surface area contributed by atoms with Crippen LogP contribution in [0.3, 0.4) is 0 Å². The molecule has 1 N–H and O–H groups in total. The number of hydrogen-bond acceptors (Lipinski definition) is 4. The third-order valence-corrected chi connectivity index (χ3v) is 1.82. The molecule has 0 saturated carbocycles. The van der Waals surface area contributed by atoms with Crippen molar-refractivity contribution in [2.45, 2.75) is 0 Å². The minimum absolute atomic E-state index is 0.0601. The second-order valence-electron chi connectivity index (χ2n) is 2.77. The molecule has 1 atom stereocenters. The molecule has 2 rings (SSSR count). The van der Waals surface area contributed by atoms with Crippen molar-refractivity contribution in [2.24, 2.45) is 11.0 Å². The Balaban J connectivity index is 2.36. The van der Waals surface area contributed by atoms with Gasteiger partial charge in [0.25, 0.3) is 5.70 Å². The molecule has 0 amide bonds. The molecule has 1 aliphatic carbocycles. The minimum atomic E-state index is -0.417. The third kappa shape index (κ3) is 1.48. The van der Waals surface area contributed by atoms with Crippen LogP contribution >= 0.6 is 0 Å². The first kappa shape index (κ1) is 7.72. The molecule has 1 aliphatic heterocycles. The Hall–Kier alpha value is -1.91. The molecule has 0 fully saturated rings. The van der Waals surface area contributed by atoms with Crippen LogP contribution in [0, 0.1) is 16.0 Å². The number of fused-ring (bicyclic) bond motifs is 1. The van der Waals surface area contributed by atoms with Crippen molar-refractivity contribution in [2.75, 3.05) is 0 Å². The summed E-state index contributed by atoms with van der Waals surface area (Å²) in [5.74, 6) is 0.0601. The van der Waals surface area contributed by atoms with E-state index >= 15 is 0 Å². The molecule has 13 heavy (non-hydrogen) atoms. The van der Waals surface area contributed by atoms with Crippen molar-refractivity contribution in [3.8, 4) is 0 Å². The van der Waals surface area contributed by atoms with Gasteiger partial charge in [0.2, 0.25) is 0 Å². The van der Waals surface area contributed by atoms with E-state index in [0.717, 1.165) is 0 Å². The molecule has 2 aliphatic rings. The maximum Gasteiger partial charge on any atom is 0.271 e. The molecule has 5 heteroatoms. The normalized spacial score (nSPS) is 24.2. The van der Waals surface area contributed by atoms with E-state index in [4.69, 9.17) is 0 Å². The van der Waals surface area contributed by atoms with Gasteiger partial charge in [-0.2, -0.15) is 5.10 Å². The summed E-state index contributed by atoms with van der Waals surface area (Å²) in [6, 6.07) is 0. The number of hydrazone groups is 1. The van der Waals surface area contributed by atoms with Crippen LogP contribution in [0.1, 0.15) is 0 Å². The van der Waals surface area contributed by atoms with Gasteiger partial charge in [0, 0.05) is 24.3 Å². The zero-order valence-electron chi connectivity index (χ0n) is 6.68. The van der Waals surface area contributed by atoms with E-state index in [1.54, 1.807) is 12.3 Å². The maximum absolute atomic E-state index is 10.5. The fourth-order valence-electron chi connectivity index (χ4n) is 1.20. The van der Waals surface area contributed by atoms with Gasteiger partial charge in [-0.05, 0) is 6.08 Å². The Labute approximate surface area is 74.3 Å². The van der Waals surface area contributed by atoms with E-state index in [9.17, 15) is 10.1 Å². The van der Waals surface area contributed by atoms with E-state index in [1.165, 1.54) is 12.2 Å². The van der Waals surface area contributed by atoms with Gasteiger partial charge in [0.1, 0.15) is 0 Å². The van der Waals surface area contributed by atoms with Crippen LogP contribution in [0.2, 0.25) is 0 Å². The van der Waals surface area contributed by atoms with Gasteiger partial charge in [-0.1, -0.05) is 6.08 Å². The summed E-state index contributed by atoms with van der Waals surface area (Å²) >= 11 is 0. The summed E-state index contributed by atoms with van der Waals surface area (Å²) in [5.41, 5.74) is 3.43. The first-order valence-corrected chi connectivity index (χ1v) is 3.81. The lowest BCUT2D eigenvalue weighted by molar-refractivity contribution is -0.419. The Kier molecular flexibility index (Phi) is 1.70.